The van der Waals surface area contributed by atoms with Crippen molar-refractivity contribution in [1.82, 2.24) is 0 Å². The zero-order valence-electron chi connectivity index (χ0n) is 35.5. The van der Waals surface area contributed by atoms with Gasteiger partial charge in [-0.05, 0) is 83.1 Å². The van der Waals surface area contributed by atoms with Crippen molar-refractivity contribution in [1.29, 1.82) is 0 Å². The van der Waals surface area contributed by atoms with Gasteiger partial charge in [0.15, 0.2) is 11.9 Å². The van der Waals surface area contributed by atoms with E-state index in [4.69, 9.17) is 24.8 Å². The molecule has 4 N–H and O–H groups in total. The molecule has 0 saturated heterocycles. The van der Waals surface area contributed by atoms with E-state index >= 15 is 0 Å². The van der Waals surface area contributed by atoms with E-state index in [1.165, 1.54) is 0 Å². The number of carboxylic acids is 1. The number of rotatable bonds is 38. The molecule has 59 heavy (non-hydrogen) atoms. The second-order valence-electron chi connectivity index (χ2n) is 13.8. The van der Waals surface area contributed by atoms with Crippen molar-refractivity contribution in [2.45, 2.75) is 148 Å². The van der Waals surface area contributed by atoms with Crippen molar-refractivity contribution in [3.8, 4) is 0 Å². The first-order valence-corrected chi connectivity index (χ1v) is 22.7. The third-order valence-electron chi connectivity index (χ3n) is 8.29. The number of ether oxygens (including phenoxy) is 2. The lowest BCUT2D eigenvalue weighted by molar-refractivity contribution is -0.161. The Balaban J connectivity index is 4.58. The molecule has 0 bridgehead atoms. The maximum Gasteiger partial charge on any atom is 0.472 e. The lowest BCUT2D eigenvalue weighted by atomic mass is 10.1. The van der Waals surface area contributed by atoms with Crippen LogP contribution in [0.4, 0.5) is 0 Å². The van der Waals surface area contributed by atoms with Crippen LogP contribution >= 0.6 is 7.82 Å². The van der Waals surface area contributed by atoms with Gasteiger partial charge in [-0.2, -0.15) is 0 Å². The number of allylic oxidation sites excluding steroid dienone is 16. The molecule has 0 spiro atoms. The predicted molar refractivity (Wildman–Crippen MR) is 235 cm³/mol. The third kappa shape index (κ3) is 39.3. The number of carbonyl (C=O) groups is 4. The molecule has 0 aliphatic rings. The molecule has 1 unspecified atom stereocenters. The average molecular weight is 846 g/mol. The van der Waals surface area contributed by atoms with Gasteiger partial charge in [-0.15, -0.1) is 0 Å². The highest BCUT2D eigenvalue weighted by molar-refractivity contribution is 7.47. The molecular formula is C46H72NO11P. The molecule has 0 aromatic carbocycles. The number of hydrogen-bond donors (Lipinski definition) is 3. The minimum absolute atomic E-state index is 0.103. The standard InChI is InChI=1S/C46H72NO11P/c1-3-5-7-8-9-10-11-12-13-14-15-16-19-23-26-29-33-37-45(50)58-42(39-56-59(53,54)57-40-43(47)46(51)52)38-55-44(49)36-32-28-25-22-20-17-18-21-24-27-31-35-41(48)34-30-6-4-2/h5,7,9-10,12-13,15-18,22,24-25,27,31,35,42-43H,3-4,6,8,11,14,19-21,23,26,28-30,32-34,36-40,47H2,1-2H3,(H,51,52)(H,53,54)/b7-5-,10-9-,13-12-,16-15-,18-17-,25-22-,27-24-,35-31+/t42-,43+/m1/s1. The Hall–Kier alpha value is -3.93. The number of carboxylic acid groups (broad SMARTS) is 1. The van der Waals surface area contributed by atoms with Crippen LogP contribution in [0.1, 0.15) is 136 Å². The fourth-order valence-corrected chi connectivity index (χ4v) is 5.72. The monoisotopic (exact) mass is 845 g/mol. The average Bonchev–Trinajstić information content (AvgIpc) is 3.20. The number of carbonyl (C=O) groups excluding carboxylic acids is 3. The second-order valence-corrected chi connectivity index (χ2v) is 15.2. The molecule has 0 aromatic heterocycles. The van der Waals surface area contributed by atoms with Crippen LogP contribution in [0.25, 0.3) is 0 Å². The number of hydrogen-bond acceptors (Lipinski definition) is 10. The molecule has 0 aliphatic carbocycles. The van der Waals surface area contributed by atoms with Crippen LogP contribution in [0, 0.1) is 0 Å². The van der Waals surface area contributed by atoms with Gasteiger partial charge in [-0.1, -0.05) is 131 Å². The zero-order chi connectivity index (χ0) is 43.7. The number of ketones is 1. The highest BCUT2D eigenvalue weighted by Crippen LogP contribution is 2.43. The molecule has 0 saturated carbocycles. The van der Waals surface area contributed by atoms with E-state index in [0.29, 0.717) is 25.7 Å². The summed E-state index contributed by atoms with van der Waals surface area (Å²) in [6.45, 7) is 2.41. The molecule has 0 heterocycles. The molecule has 0 fully saturated rings. The Morgan fingerprint density at radius 1 is 0.593 bits per heavy atom. The van der Waals surface area contributed by atoms with Crippen LogP contribution in [0.3, 0.4) is 0 Å². The summed E-state index contributed by atoms with van der Waals surface area (Å²) in [4.78, 5) is 57.6. The normalized spacial score (nSPS) is 14.6. The zero-order valence-corrected chi connectivity index (χ0v) is 36.4. The largest absolute Gasteiger partial charge is 0.480 e. The highest BCUT2D eigenvalue weighted by atomic mass is 31.2. The fourth-order valence-electron chi connectivity index (χ4n) is 4.94. The van der Waals surface area contributed by atoms with E-state index in [9.17, 15) is 28.6 Å². The fraction of sp³-hybridized carbons (Fsp3) is 0.565. The maximum atomic E-state index is 12.6. The van der Waals surface area contributed by atoms with Gasteiger partial charge in [-0.3, -0.25) is 28.2 Å². The molecule has 0 amide bonds. The third-order valence-corrected chi connectivity index (χ3v) is 9.24. The van der Waals surface area contributed by atoms with E-state index in [-0.39, 0.29) is 18.6 Å². The van der Waals surface area contributed by atoms with Crippen LogP contribution < -0.4 is 5.73 Å². The molecule has 0 aromatic rings. The summed E-state index contributed by atoms with van der Waals surface area (Å²) >= 11 is 0. The minimum atomic E-state index is -4.76. The van der Waals surface area contributed by atoms with Crippen LogP contribution in [-0.2, 0) is 42.3 Å². The van der Waals surface area contributed by atoms with Crippen LogP contribution in [0.2, 0.25) is 0 Å². The molecule has 3 atom stereocenters. The number of unbranched alkanes of at least 4 members (excludes halogenated alkanes) is 7. The topological polar surface area (TPSA) is 189 Å². The highest BCUT2D eigenvalue weighted by Gasteiger charge is 2.28. The van der Waals surface area contributed by atoms with Crippen molar-refractivity contribution < 1.29 is 52.3 Å². The summed E-state index contributed by atoms with van der Waals surface area (Å²) in [5.74, 6) is -2.39. The van der Waals surface area contributed by atoms with Crippen LogP contribution in [0.15, 0.2) is 97.2 Å². The summed E-state index contributed by atoms with van der Waals surface area (Å²) in [5, 5.41) is 8.88. The number of aliphatic carboxylic acids is 1. The summed E-state index contributed by atoms with van der Waals surface area (Å²) < 4.78 is 32.6. The molecule has 12 nitrogen and oxygen atoms in total. The summed E-state index contributed by atoms with van der Waals surface area (Å²) in [6.07, 6.45) is 46.0. The van der Waals surface area contributed by atoms with Crippen molar-refractivity contribution in [2.24, 2.45) is 5.73 Å². The second kappa shape index (κ2) is 39.5. The first-order valence-electron chi connectivity index (χ1n) is 21.2. The smallest absolute Gasteiger partial charge is 0.472 e. The summed E-state index contributed by atoms with van der Waals surface area (Å²) in [6, 6.07) is -1.55. The quantitative estimate of drug-likeness (QED) is 0.0133. The Kier molecular flexibility index (Phi) is 36.9. The first kappa shape index (κ1) is 55.1. The predicted octanol–water partition coefficient (Wildman–Crippen LogP) is 10.5. The Morgan fingerprint density at radius 3 is 1.73 bits per heavy atom. The van der Waals surface area contributed by atoms with Gasteiger partial charge < -0.3 is 25.2 Å². The van der Waals surface area contributed by atoms with E-state index in [2.05, 4.69) is 67.0 Å². The Labute approximate surface area is 353 Å². The van der Waals surface area contributed by atoms with E-state index in [1.807, 2.05) is 36.5 Å². The van der Waals surface area contributed by atoms with Crippen LogP contribution in [0.5, 0.6) is 0 Å². The van der Waals surface area contributed by atoms with Gasteiger partial charge >= 0.3 is 25.7 Å². The van der Waals surface area contributed by atoms with Gasteiger partial charge in [-0.25, -0.2) is 4.57 Å². The first-order chi connectivity index (χ1) is 28.5. The van der Waals surface area contributed by atoms with Gasteiger partial charge in [0.1, 0.15) is 12.6 Å². The molecule has 332 valence electrons. The Morgan fingerprint density at radius 2 is 1.12 bits per heavy atom. The molecule has 13 heteroatoms. The lowest BCUT2D eigenvalue weighted by Gasteiger charge is -2.20. The number of nitrogens with two attached hydrogens (primary N) is 1. The van der Waals surface area contributed by atoms with Crippen LogP contribution in [-0.4, -0.2) is 65.7 Å². The minimum Gasteiger partial charge on any atom is -0.480 e. The summed E-state index contributed by atoms with van der Waals surface area (Å²) in [7, 11) is -4.76. The van der Waals surface area contributed by atoms with Crippen molar-refractivity contribution in [3.63, 3.8) is 0 Å². The van der Waals surface area contributed by atoms with Gasteiger partial charge in [0.05, 0.1) is 13.2 Å². The van der Waals surface area contributed by atoms with Crippen molar-refractivity contribution in [2.75, 3.05) is 19.8 Å². The lowest BCUT2D eigenvalue weighted by Crippen LogP contribution is -2.34. The van der Waals surface area contributed by atoms with E-state index in [0.717, 1.165) is 83.5 Å². The SMILES string of the molecule is CC/C=C\C/C=C\C/C=C\C/C=C\CCCCCCC(=O)O[C@H](COC(=O)CCC/C=C\C/C=C\C/C=C\C=C\C(=O)CCCCC)COP(=O)(O)OC[C@H](N)C(=O)O. The number of phosphoric acid groups is 1. The molecule has 0 rings (SSSR count). The number of phosphoric ester groups is 1. The van der Waals surface area contributed by atoms with Crippen molar-refractivity contribution >= 4 is 31.5 Å². The maximum absolute atomic E-state index is 12.6. The molecule has 0 aliphatic heterocycles. The molecule has 0 radical (unpaired) electrons. The summed E-state index contributed by atoms with van der Waals surface area (Å²) in [5.41, 5.74) is 5.32. The van der Waals surface area contributed by atoms with Gasteiger partial charge in [0.2, 0.25) is 0 Å². The van der Waals surface area contributed by atoms with Crippen molar-refractivity contribution in [3.05, 3.63) is 97.2 Å². The van der Waals surface area contributed by atoms with Gasteiger partial charge in [0, 0.05) is 19.3 Å². The van der Waals surface area contributed by atoms with E-state index in [1.54, 1.807) is 12.2 Å². The molecular weight excluding hydrogens is 773 g/mol. The van der Waals surface area contributed by atoms with E-state index < -0.39 is 57.7 Å². The number of esters is 2. The Bertz CT molecular complexity index is 1430. The van der Waals surface area contributed by atoms with Gasteiger partial charge in [0.25, 0.3) is 0 Å².